The van der Waals surface area contributed by atoms with Gasteiger partial charge < -0.3 is 15.4 Å². The number of hydrogen-bond acceptors (Lipinski definition) is 6. The van der Waals surface area contributed by atoms with E-state index in [0.29, 0.717) is 12.4 Å². The third-order valence-corrected chi connectivity index (χ3v) is 5.08. The number of ether oxygens (including phenoxy) is 1. The number of esters is 1. The number of carbonyl (C=O) groups is 2. The Hall–Kier alpha value is -2.96. The number of rotatable bonds is 7. The summed E-state index contributed by atoms with van der Waals surface area (Å²) in [4.78, 5) is 33.2. The van der Waals surface area contributed by atoms with Gasteiger partial charge in [-0.05, 0) is 37.3 Å². The quantitative estimate of drug-likeness (QED) is 0.714. The van der Waals surface area contributed by atoms with Crippen molar-refractivity contribution in [2.24, 2.45) is 5.92 Å². The summed E-state index contributed by atoms with van der Waals surface area (Å²) in [7, 11) is 1.34. The number of hydrogen-bond donors (Lipinski definition) is 2. The fraction of sp³-hybridized carbons (Fsp3) is 0.429. The van der Waals surface area contributed by atoms with Crippen LogP contribution in [-0.4, -0.2) is 41.0 Å². The number of anilines is 1. The van der Waals surface area contributed by atoms with E-state index in [4.69, 9.17) is 4.74 Å². The van der Waals surface area contributed by atoms with Crippen molar-refractivity contribution in [1.82, 2.24) is 15.3 Å². The molecule has 1 aliphatic carbocycles. The minimum Gasteiger partial charge on any atom is -0.467 e. The number of methoxy groups -OCH3 is 1. The van der Waals surface area contributed by atoms with Crippen LogP contribution in [0.4, 0.5) is 5.95 Å². The zero-order valence-corrected chi connectivity index (χ0v) is 16.0. The molecular formula is C21H26N4O3. The smallest absolute Gasteiger partial charge is 0.328 e. The molecule has 7 nitrogen and oxygen atoms in total. The van der Waals surface area contributed by atoms with Gasteiger partial charge in [0.05, 0.1) is 7.11 Å². The molecule has 0 saturated heterocycles. The van der Waals surface area contributed by atoms with Crippen LogP contribution in [0.3, 0.4) is 0 Å². The Bertz CT molecular complexity index is 762. The summed E-state index contributed by atoms with van der Waals surface area (Å²) < 4.78 is 4.88. The summed E-state index contributed by atoms with van der Waals surface area (Å²) in [5.74, 6) is 0.0104. The van der Waals surface area contributed by atoms with Crippen LogP contribution in [0.15, 0.2) is 48.8 Å². The van der Waals surface area contributed by atoms with Gasteiger partial charge in [0.2, 0.25) is 11.9 Å². The van der Waals surface area contributed by atoms with E-state index in [2.05, 4.69) is 20.6 Å². The number of amides is 1. The first-order valence-electron chi connectivity index (χ1n) is 9.61. The van der Waals surface area contributed by atoms with Crippen molar-refractivity contribution in [1.29, 1.82) is 0 Å². The summed E-state index contributed by atoms with van der Waals surface area (Å²) in [5.41, 5.74) is 0.981. The molecule has 1 amide bonds. The van der Waals surface area contributed by atoms with Gasteiger partial charge in [-0.15, -0.1) is 0 Å². The number of nitrogens with one attached hydrogen (secondary N) is 2. The van der Waals surface area contributed by atoms with Gasteiger partial charge >= 0.3 is 5.97 Å². The van der Waals surface area contributed by atoms with E-state index in [1.807, 2.05) is 30.3 Å². The van der Waals surface area contributed by atoms with Crippen molar-refractivity contribution < 1.29 is 14.3 Å². The van der Waals surface area contributed by atoms with Crippen LogP contribution in [0.5, 0.6) is 0 Å². The highest BCUT2D eigenvalue weighted by molar-refractivity contribution is 5.86. The van der Waals surface area contributed by atoms with Gasteiger partial charge in [0, 0.05) is 30.8 Å². The first-order chi connectivity index (χ1) is 13.7. The van der Waals surface area contributed by atoms with Crippen molar-refractivity contribution in [3.8, 4) is 0 Å². The Labute approximate surface area is 164 Å². The number of nitrogens with zero attached hydrogens (tertiary/aromatic N) is 2. The Morgan fingerprint density at radius 3 is 2.39 bits per heavy atom. The van der Waals surface area contributed by atoms with Gasteiger partial charge in [-0.1, -0.05) is 30.3 Å². The fourth-order valence-electron chi connectivity index (χ4n) is 3.53. The van der Waals surface area contributed by atoms with Crippen LogP contribution >= 0.6 is 0 Å². The molecule has 1 fully saturated rings. The molecule has 1 atom stereocenters. The average molecular weight is 382 g/mol. The normalized spacial score (nSPS) is 20.0. The van der Waals surface area contributed by atoms with E-state index in [0.717, 1.165) is 31.2 Å². The molecule has 1 aromatic carbocycles. The Morgan fingerprint density at radius 1 is 1.07 bits per heavy atom. The van der Waals surface area contributed by atoms with E-state index >= 15 is 0 Å². The first kappa shape index (κ1) is 19.8. The Morgan fingerprint density at radius 2 is 1.75 bits per heavy atom. The first-order valence-corrected chi connectivity index (χ1v) is 9.61. The minimum atomic E-state index is -0.673. The van der Waals surface area contributed by atoms with Crippen LogP contribution in [0.1, 0.15) is 31.2 Å². The van der Waals surface area contributed by atoms with E-state index in [1.165, 1.54) is 7.11 Å². The lowest BCUT2D eigenvalue weighted by Crippen LogP contribution is -2.46. The van der Waals surface area contributed by atoms with Gasteiger partial charge in [-0.25, -0.2) is 14.8 Å². The second-order valence-corrected chi connectivity index (χ2v) is 7.04. The topological polar surface area (TPSA) is 93.2 Å². The van der Waals surface area contributed by atoms with E-state index in [-0.39, 0.29) is 17.9 Å². The molecule has 1 aliphatic rings. The molecule has 1 heterocycles. The van der Waals surface area contributed by atoms with Crippen molar-refractivity contribution in [3.63, 3.8) is 0 Å². The fourth-order valence-corrected chi connectivity index (χ4v) is 3.53. The van der Waals surface area contributed by atoms with Gasteiger partial charge in [0.25, 0.3) is 0 Å². The summed E-state index contributed by atoms with van der Waals surface area (Å²) in [6, 6.07) is 11.0. The second kappa shape index (κ2) is 9.82. The number of benzene rings is 1. The Balaban J connectivity index is 1.52. The molecule has 1 saturated carbocycles. The third-order valence-electron chi connectivity index (χ3n) is 5.08. The van der Waals surface area contributed by atoms with Crippen molar-refractivity contribution >= 4 is 17.8 Å². The van der Waals surface area contributed by atoms with Crippen LogP contribution in [0.25, 0.3) is 0 Å². The molecule has 1 aromatic heterocycles. The standard InChI is InChI=1S/C21H26N4O3/c1-28-20(27)18(14-15-6-3-2-4-7-15)25-19(26)16-8-10-17(11-9-16)24-21-22-12-5-13-23-21/h2-7,12-13,16-18H,8-11,14H2,1H3,(H,25,26)(H,22,23,24). The predicted octanol–water partition coefficient (Wildman–Crippen LogP) is 2.35. The summed E-state index contributed by atoms with van der Waals surface area (Å²) >= 11 is 0. The van der Waals surface area contributed by atoms with Crippen LogP contribution in [0, 0.1) is 5.92 Å². The van der Waals surface area contributed by atoms with E-state index in [1.54, 1.807) is 18.5 Å². The molecule has 1 unspecified atom stereocenters. The maximum atomic E-state index is 12.7. The summed E-state index contributed by atoms with van der Waals surface area (Å²) in [6.07, 6.45) is 7.06. The minimum absolute atomic E-state index is 0.0826. The highest BCUT2D eigenvalue weighted by Crippen LogP contribution is 2.26. The maximum absolute atomic E-state index is 12.7. The number of aromatic nitrogens is 2. The van der Waals surface area contributed by atoms with Gasteiger partial charge in [0.15, 0.2) is 0 Å². The molecule has 148 valence electrons. The van der Waals surface area contributed by atoms with E-state index < -0.39 is 12.0 Å². The lowest BCUT2D eigenvalue weighted by Gasteiger charge is -2.29. The molecule has 7 heteroatoms. The van der Waals surface area contributed by atoms with Crippen LogP contribution in [-0.2, 0) is 20.7 Å². The molecule has 28 heavy (non-hydrogen) atoms. The van der Waals surface area contributed by atoms with Crippen molar-refractivity contribution in [2.75, 3.05) is 12.4 Å². The predicted molar refractivity (Wildman–Crippen MR) is 105 cm³/mol. The number of carbonyl (C=O) groups excluding carboxylic acids is 2. The zero-order chi connectivity index (χ0) is 19.8. The average Bonchev–Trinajstić information content (AvgIpc) is 2.74. The van der Waals surface area contributed by atoms with Gasteiger partial charge in [0.1, 0.15) is 6.04 Å². The third kappa shape index (κ3) is 5.52. The lowest BCUT2D eigenvalue weighted by molar-refractivity contribution is -0.145. The van der Waals surface area contributed by atoms with Crippen LogP contribution in [0.2, 0.25) is 0 Å². The zero-order valence-electron chi connectivity index (χ0n) is 16.0. The van der Waals surface area contributed by atoms with Crippen molar-refractivity contribution in [2.45, 2.75) is 44.2 Å². The molecule has 3 rings (SSSR count). The molecule has 2 aromatic rings. The van der Waals surface area contributed by atoms with Crippen molar-refractivity contribution in [3.05, 3.63) is 54.4 Å². The Kier molecular flexibility index (Phi) is 6.94. The van der Waals surface area contributed by atoms with Gasteiger partial charge in [-0.2, -0.15) is 0 Å². The maximum Gasteiger partial charge on any atom is 0.328 e. The second-order valence-electron chi connectivity index (χ2n) is 7.04. The van der Waals surface area contributed by atoms with E-state index in [9.17, 15) is 9.59 Å². The summed E-state index contributed by atoms with van der Waals surface area (Å²) in [5, 5.41) is 6.20. The molecule has 0 radical (unpaired) electrons. The molecule has 2 N–H and O–H groups in total. The highest BCUT2D eigenvalue weighted by Gasteiger charge is 2.30. The highest BCUT2D eigenvalue weighted by atomic mass is 16.5. The molecular weight excluding hydrogens is 356 g/mol. The molecule has 0 aliphatic heterocycles. The van der Waals surface area contributed by atoms with Crippen LogP contribution < -0.4 is 10.6 Å². The largest absolute Gasteiger partial charge is 0.467 e. The SMILES string of the molecule is COC(=O)C(Cc1ccccc1)NC(=O)C1CCC(Nc2ncccn2)CC1. The molecule has 0 spiro atoms. The molecule has 0 bridgehead atoms. The van der Waals surface area contributed by atoms with Gasteiger partial charge in [-0.3, -0.25) is 4.79 Å². The summed E-state index contributed by atoms with van der Waals surface area (Å²) in [6.45, 7) is 0. The lowest BCUT2D eigenvalue weighted by atomic mass is 9.85. The monoisotopic (exact) mass is 382 g/mol.